The van der Waals surface area contributed by atoms with Crippen molar-refractivity contribution < 1.29 is 9.26 Å². The Morgan fingerprint density at radius 1 is 1.29 bits per heavy atom. The standard InChI is InChI=1S/C16H23N3O2/c1-5-20-10-16(4,17)15-18-14(21-19-15)9-13-7-6-11(2)12(3)8-13/h6-8H,5,9-10,17H2,1-4H3. The molecule has 2 rings (SSSR count). The van der Waals surface area contributed by atoms with Crippen LogP contribution in [0, 0.1) is 13.8 Å². The highest BCUT2D eigenvalue weighted by atomic mass is 16.5. The van der Waals surface area contributed by atoms with Crippen LogP contribution in [-0.2, 0) is 16.7 Å². The summed E-state index contributed by atoms with van der Waals surface area (Å²) in [7, 11) is 0. The van der Waals surface area contributed by atoms with Crippen LogP contribution < -0.4 is 5.73 Å². The first-order valence-corrected chi connectivity index (χ1v) is 7.18. The van der Waals surface area contributed by atoms with Crippen LogP contribution in [0.5, 0.6) is 0 Å². The zero-order chi connectivity index (χ0) is 15.5. The predicted molar refractivity (Wildman–Crippen MR) is 81.1 cm³/mol. The van der Waals surface area contributed by atoms with Crippen LogP contribution in [0.25, 0.3) is 0 Å². The molecule has 1 atom stereocenters. The molecule has 0 bridgehead atoms. The minimum absolute atomic E-state index is 0.367. The van der Waals surface area contributed by atoms with Crippen molar-refractivity contribution in [1.82, 2.24) is 10.1 Å². The molecule has 5 heteroatoms. The third-order valence-electron chi connectivity index (χ3n) is 3.51. The van der Waals surface area contributed by atoms with Crippen molar-refractivity contribution >= 4 is 0 Å². The minimum atomic E-state index is -0.735. The van der Waals surface area contributed by atoms with Crippen molar-refractivity contribution in [3.8, 4) is 0 Å². The second-order valence-electron chi connectivity index (χ2n) is 5.66. The smallest absolute Gasteiger partial charge is 0.231 e. The highest BCUT2D eigenvalue weighted by Gasteiger charge is 2.27. The molecule has 0 aliphatic carbocycles. The van der Waals surface area contributed by atoms with E-state index >= 15 is 0 Å². The molecule has 21 heavy (non-hydrogen) atoms. The fourth-order valence-electron chi connectivity index (χ4n) is 2.03. The molecule has 1 unspecified atom stereocenters. The largest absolute Gasteiger partial charge is 0.379 e. The van der Waals surface area contributed by atoms with Crippen molar-refractivity contribution in [2.45, 2.75) is 39.7 Å². The Morgan fingerprint density at radius 3 is 2.71 bits per heavy atom. The lowest BCUT2D eigenvalue weighted by atomic mass is 10.0. The number of aromatic nitrogens is 2. The zero-order valence-corrected chi connectivity index (χ0v) is 13.1. The molecule has 0 spiro atoms. The molecule has 0 saturated heterocycles. The number of rotatable bonds is 6. The first-order chi connectivity index (χ1) is 9.92. The maximum absolute atomic E-state index is 6.16. The summed E-state index contributed by atoms with van der Waals surface area (Å²) in [5.74, 6) is 1.05. The summed E-state index contributed by atoms with van der Waals surface area (Å²) in [6.45, 7) is 8.94. The summed E-state index contributed by atoms with van der Waals surface area (Å²) in [4.78, 5) is 4.40. The fraction of sp³-hybridized carbons (Fsp3) is 0.500. The van der Waals surface area contributed by atoms with Gasteiger partial charge in [-0.2, -0.15) is 4.98 Å². The van der Waals surface area contributed by atoms with Gasteiger partial charge in [0.1, 0.15) is 5.54 Å². The van der Waals surface area contributed by atoms with E-state index in [4.69, 9.17) is 15.0 Å². The normalized spacial score (nSPS) is 14.1. The molecular weight excluding hydrogens is 266 g/mol. The van der Waals surface area contributed by atoms with E-state index in [2.05, 4.69) is 42.2 Å². The number of nitrogens with zero attached hydrogens (tertiary/aromatic N) is 2. The second kappa shape index (κ2) is 6.37. The van der Waals surface area contributed by atoms with E-state index in [1.165, 1.54) is 11.1 Å². The maximum atomic E-state index is 6.16. The fourth-order valence-corrected chi connectivity index (χ4v) is 2.03. The van der Waals surface area contributed by atoms with Crippen LogP contribution in [0.15, 0.2) is 22.7 Å². The van der Waals surface area contributed by atoms with Crippen LogP contribution >= 0.6 is 0 Å². The summed E-state index contributed by atoms with van der Waals surface area (Å²) in [6.07, 6.45) is 0.610. The Bertz CT molecular complexity index is 605. The first kappa shape index (κ1) is 15.7. The van der Waals surface area contributed by atoms with Gasteiger partial charge in [0.2, 0.25) is 5.89 Å². The van der Waals surface area contributed by atoms with Gasteiger partial charge < -0.3 is 15.0 Å². The van der Waals surface area contributed by atoms with Gasteiger partial charge >= 0.3 is 0 Å². The molecule has 1 aromatic carbocycles. The first-order valence-electron chi connectivity index (χ1n) is 7.18. The topological polar surface area (TPSA) is 74.2 Å². The maximum Gasteiger partial charge on any atom is 0.231 e. The lowest BCUT2D eigenvalue weighted by molar-refractivity contribution is 0.0962. The quantitative estimate of drug-likeness (QED) is 0.884. The van der Waals surface area contributed by atoms with E-state index in [1.807, 2.05) is 13.8 Å². The van der Waals surface area contributed by atoms with E-state index in [-0.39, 0.29) is 0 Å². The van der Waals surface area contributed by atoms with E-state index in [0.29, 0.717) is 31.3 Å². The molecule has 2 N–H and O–H groups in total. The van der Waals surface area contributed by atoms with Crippen LogP contribution in [0.4, 0.5) is 0 Å². The SMILES string of the molecule is CCOCC(C)(N)c1noc(Cc2ccc(C)c(C)c2)n1. The van der Waals surface area contributed by atoms with Gasteiger partial charge in [-0.05, 0) is 44.4 Å². The van der Waals surface area contributed by atoms with Crippen molar-refractivity contribution in [3.63, 3.8) is 0 Å². The van der Waals surface area contributed by atoms with E-state index in [1.54, 1.807) is 0 Å². The minimum Gasteiger partial charge on any atom is -0.379 e. The van der Waals surface area contributed by atoms with Gasteiger partial charge in [0.15, 0.2) is 5.82 Å². The summed E-state index contributed by atoms with van der Waals surface area (Å²) < 4.78 is 10.7. The van der Waals surface area contributed by atoms with Gasteiger partial charge in [-0.3, -0.25) is 0 Å². The number of benzene rings is 1. The Morgan fingerprint density at radius 2 is 2.05 bits per heavy atom. The molecular formula is C16H23N3O2. The number of nitrogens with two attached hydrogens (primary N) is 1. The van der Waals surface area contributed by atoms with Gasteiger partial charge in [0.25, 0.3) is 0 Å². The lowest BCUT2D eigenvalue weighted by Crippen LogP contribution is -2.39. The Kier molecular flexibility index (Phi) is 4.75. The summed E-state index contributed by atoms with van der Waals surface area (Å²) in [5, 5.41) is 3.99. The summed E-state index contributed by atoms with van der Waals surface area (Å²) in [6, 6.07) is 6.32. The lowest BCUT2D eigenvalue weighted by Gasteiger charge is -2.19. The van der Waals surface area contributed by atoms with Gasteiger partial charge in [-0.25, -0.2) is 0 Å². The number of hydrogen-bond acceptors (Lipinski definition) is 5. The molecule has 1 heterocycles. The van der Waals surface area contributed by atoms with Crippen molar-refractivity contribution in [2.24, 2.45) is 5.73 Å². The number of aryl methyl sites for hydroxylation is 2. The average molecular weight is 289 g/mol. The van der Waals surface area contributed by atoms with E-state index in [0.717, 1.165) is 5.56 Å². The van der Waals surface area contributed by atoms with Crippen molar-refractivity contribution in [3.05, 3.63) is 46.6 Å². The average Bonchev–Trinajstić information content (AvgIpc) is 2.90. The van der Waals surface area contributed by atoms with Crippen LogP contribution in [-0.4, -0.2) is 23.4 Å². The zero-order valence-electron chi connectivity index (χ0n) is 13.1. The third kappa shape index (κ3) is 3.89. The molecule has 1 aromatic heterocycles. The number of hydrogen-bond donors (Lipinski definition) is 1. The van der Waals surface area contributed by atoms with Gasteiger partial charge in [-0.1, -0.05) is 23.4 Å². The highest BCUT2D eigenvalue weighted by Crippen LogP contribution is 2.17. The molecule has 0 radical (unpaired) electrons. The summed E-state index contributed by atoms with van der Waals surface area (Å²) in [5.41, 5.74) is 9.11. The van der Waals surface area contributed by atoms with Crippen molar-refractivity contribution in [2.75, 3.05) is 13.2 Å². The van der Waals surface area contributed by atoms with Gasteiger partial charge in [0.05, 0.1) is 13.0 Å². The van der Waals surface area contributed by atoms with Crippen LogP contribution in [0.2, 0.25) is 0 Å². The Balaban J connectivity index is 2.10. The predicted octanol–water partition coefficient (Wildman–Crippen LogP) is 2.49. The molecule has 0 aliphatic rings. The molecule has 0 amide bonds. The second-order valence-corrected chi connectivity index (χ2v) is 5.66. The van der Waals surface area contributed by atoms with Gasteiger partial charge in [0, 0.05) is 6.61 Å². The molecule has 114 valence electrons. The highest BCUT2D eigenvalue weighted by molar-refractivity contribution is 5.31. The van der Waals surface area contributed by atoms with Gasteiger partial charge in [-0.15, -0.1) is 0 Å². The molecule has 0 saturated carbocycles. The summed E-state index contributed by atoms with van der Waals surface area (Å²) >= 11 is 0. The Labute approximate surface area is 125 Å². The monoisotopic (exact) mass is 289 g/mol. The molecule has 5 nitrogen and oxygen atoms in total. The molecule has 2 aromatic rings. The van der Waals surface area contributed by atoms with E-state index in [9.17, 15) is 0 Å². The third-order valence-corrected chi connectivity index (χ3v) is 3.51. The van der Waals surface area contributed by atoms with E-state index < -0.39 is 5.54 Å². The Hall–Kier alpha value is -1.72. The number of ether oxygens (including phenoxy) is 1. The van der Waals surface area contributed by atoms with Crippen LogP contribution in [0.3, 0.4) is 0 Å². The van der Waals surface area contributed by atoms with Crippen molar-refractivity contribution in [1.29, 1.82) is 0 Å². The molecule has 0 fully saturated rings. The molecule has 0 aliphatic heterocycles. The van der Waals surface area contributed by atoms with Crippen LogP contribution in [0.1, 0.15) is 42.3 Å².